The summed E-state index contributed by atoms with van der Waals surface area (Å²) in [6, 6.07) is 2.84. The van der Waals surface area contributed by atoms with Crippen molar-refractivity contribution >= 4 is 35.0 Å². The van der Waals surface area contributed by atoms with Crippen molar-refractivity contribution in [2.45, 2.75) is 6.92 Å². The molecule has 0 aromatic heterocycles. The molecule has 0 spiro atoms. The molecule has 0 saturated carbocycles. The van der Waals surface area contributed by atoms with Crippen molar-refractivity contribution in [3.8, 4) is 23.0 Å². The number of esters is 1. The second-order valence-electron chi connectivity index (χ2n) is 5.77. The monoisotopic (exact) mass is 442 g/mol. The Kier molecular flexibility index (Phi) is 7.21. The van der Waals surface area contributed by atoms with E-state index in [-0.39, 0.29) is 44.0 Å². The predicted octanol–water partition coefficient (Wildman–Crippen LogP) is 4.35. The van der Waals surface area contributed by atoms with Crippen LogP contribution in [0.5, 0.6) is 23.0 Å². The summed E-state index contributed by atoms with van der Waals surface area (Å²) >= 11 is 12.7. The maximum absolute atomic E-state index is 13.6. The number of carbonyl (C=O) groups is 2. The van der Waals surface area contributed by atoms with Crippen LogP contribution in [0, 0.1) is 6.92 Å². The van der Waals surface area contributed by atoms with Crippen LogP contribution in [0.2, 0.25) is 10.0 Å². The van der Waals surface area contributed by atoms with Crippen LogP contribution in [0.4, 0.5) is 0 Å². The van der Waals surface area contributed by atoms with Crippen molar-refractivity contribution in [3.63, 3.8) is 0 Å². The van der Waals surface area contributed by atoms with Gasteiger partial charge in [-0.15, -0.1) is 0 Å². The van der Waals surface area contributed by atoms with Crippen molar-refractivity contribution in [1.29, 1.82) is 0 Å². The smallest absolute Gasteiger partial charge is 0.338 e. The molecule has 0 aliphatic rings. The molecule has 0 saturated heterocycles. The first-order valence-corrected chi connectivity index (χ1v) is 9.01. The fourth-order valence-electron chi connectivity index (χ4n) is 2.85. The number of rotatable bonds is 7. The van der Waals surface area contributed by atoms with Crippen LogP contribution in [0.25, 0.3) is 0 Å². The maximum Gasteiger partial charge on any atom is 0.338 e. The third-order valence-corrected chi connectivity index (χ3v) is 5.22. The molecule has 0 unspecified atom stereocenters. The van der Waals surface area contributed by atoms with E-state index in [1.807, 2.05) is 0 Å². The Morgan fingerprint density at radius 2 is 1.34 bits per heavy atom. The van der Waals surface area contributed by atoms with Crippen LogP contribution in [0.3, 0.4) is 0 Å². The molecule has 2 aromatic carbocycles. The number of halogens is 2. The number of ether oxygens (including phenoxy) is 5. The Morgan fingerprint density at radius 1 is 0.793 bits per heavy atom. The van der Waals surface area contributed by atoms with Crippen molar-refractivity contribution in [1.82, 2.24) is 0 Å². The topological polar surface area (TPSA) is 80.3 Å². The summed E-state index contributed by atoms with van der Waals surface area (Å²) in [5.74, 6) is -0.896. The summed E-state index contributed by atoms with van der Waals surface area (Å²) in [7, 11) is 6.69. The predicted molar refractivity (Wildman–Crippen MR) is 109 cm³/mol. The minimum absolute atomic E-state index is 0.0516. The molecule has 0 aliphatic carbocycles. The zero-order valence-corrected chi connectivity index (χ0v) is 18.3. The minimum Gasteiger partial charge on any atom is -0.497 e. The standard InChI is InChI=1S/C20H20Cl2O7/c1-9-15(21)18(27-4)14(19(28-5)16(9)22)17(23)13-11(20(24)29-6)7-10(25-2)8-12(13)26-3/h7-8H,1-6H3. The zero-order valence-electron chi connectivity index (χ0n) is 16.8. The summed E-state index contributed by atoms with van der Waals surface area (Å²) in [6.45, 7) is 1.66. The molecule has 0 amide bonds. The van der Waals surface area contributed by atoms with E-state index in [0.29, 0.717) is 11.3 Å². The maximum atomic E-state index is 13.6. The van der Waals surface area contributed by atoms with Crippen LogP contribution in [0.1, 0.15) is 31.8 Å². The lowest BCUT2D eigenvalue weighted by Gasteiger charge is -2.20. The molecule has 29 heavy (non-hydrogen) atoms. The first kappa shape index (κ1) is 22.6. The quantitative estimate of drug-likeness (QED) is 0.465. The highest BCUT2D eigenvalue weighted by Gasteiger charge is 2.32. The third kappa shape index (κ3) is 3.93. The van der Waals surface area contributed by atoms with Crippen molar-refractivity contribution in [2.75, 3.05) is 35.5 Å². The molecular formula is C20H20Cl2O7. The van der Waals surface area contributed by atoms with Gasteiger partial charge < -0.3 is 23.7 Å². The van der Waals surface area contributed by atoms with E-state index >= 15 is 0 Å². The van der Waals surface area contributed by atoms with Gasteiger partial charge in [0.1, 0.15) is 17.1 Å². The minimum atomic E-state index is -0.757. The highest BCUT2D eigenvalue weighted by molar-refractivity contribution is 6.39. The van der Waals surface area contributed by atoms with E-state index in [9.17, 15) is 9.59 Å². The van der Waals surface area contributed by atoms with Gasteiger partial charge in [0.25, 0.3) is 0 Å². The second-order valence-corrected chi connectivity index (χ2v) is 6.52. The number of benzene rings is 2. The Hall–Kier alpha value is -2.64. The van der Waals surface area contributed by atoms with E-state index in [2.05, 4.69) is 0 Å². The summed E-state index contributed by atoms with van der Waals surface area (Å²) < 4.78 is 26.1. The van der Waals surface area contributed by atoms with Gasteiger partial charge in [0, 0.05) is 6.07 Å². The van der Waals surface area contributed by atoms with E-state index < -0.39 is 11.8 Å². The zero-order chi connectivity index (χ0) is 21.9. The van der Waals surface area contributed by atoms with Gasteiger partial charge in [-0.1, -0.05) is 23.2 Å². The molecule has 0 N–H and O–H groups in total. The molecule has 0 aliphatic heterocycles. The molecule has 7 nitrogen and oxygen atoms in total. The number of ketones is 1. The van der Waals surface area contributed by atoms with Crippen LogP contribution >= 0.6 is 23.2 Å². The number of carbonyl (C=O) groups excluding carboxylic acids is 2. The number of methoxy groups -OCH3 is 5. The number of hydrogen-bond acceptors (Lipinski definition) is 7. The first-order valence-electron chi connectivity index (χ1n) is 8.25. The van der Waals surface area contributed by atoms with Gasteiger partial charge in [-0.25, -0.2) is 4.79 Å². The fourth-order valence-corrected chi connectivity index (χ4v) is 3.43. The normalized spacial score (nSPS) is 10.3. The molecule has 2 rings (SSSR count). The van der Waals surface area contributed by atoms with Gasteiger partial charge in [0.2, 0.25) is 5.78 Å². The van der Waals surface area contributed by atoms with E-state index in [0.717, 1.165) is 0 Å². The molecule has 9 heteroatoms. The molecule has 0 atom stereocenters. The van der Waals surface area contributed by atoms with E-state index in [1.165, 1.54) is 47.7 Å². The van der Waals surface area contributed by atoms with Crippen LogP contribution in [0.15, 0.2) is 12.1 Å². The lowest BCUT2D eigenvalue weighted by Crippen LogP contribution is -2.16. The van der Waals surface area contributed by atoms with E-state index in [4.69, 9.17) is 46.9 Å². The van der Waals surface area contributed by atoms with Gasteiger partial charge in [-0.2, -0.15) is 0 Å². The summed E-state index contributed by atoms with van der Waals surface area (Å²) in [5.41, 5.74) is 0.288. The van der Waals surface area contributed by atoms with Gasteiger partial charge in [-0.05, 0) is 18.6 Å². The SMILES string of the molecule is COC(=O)c1cc(OC)cc(OC)c1C(=O)c1c(OC)c(Cl)c(C)c(Cl)c1OC. The molecule has 0 bridgehead atoms. The van der Waals surface area contributed by atoms with Crippen LogP contribution < -0.4 is 18.9 Å². The molecule has 2 aromatic rings. The molecule has 0 radical (unpaired) electrons. The summed E-state index contributed by atoms with van der Waals surface area (Å²) in [5, 5.41) is 0.294. The third-order valence-electron chi connectivity index (χ3n) is 4.31. The van der Waals surface area contributed by atoms with Gasteiger partial charge in [-0.3, -0.25) is 4.79 Å². The Bertz CT molecular complexity index is 939. The van der Waals surface area contributed by atoms with Crippen molar-refractivity contribution in [3.05, 3.63) is 44.4 Å². The lowest BCUT2D eigenvalue weighted by molar-refractivity contribution is 0.0596. The average Bonchev–Trinajstić information content (AvgIpc) is 2.75. The van der Waals surface area contributed by atoms with Gasteiger partial charge in [0.05, 0.1) is 56.7 Å². The van der Waals surface area contributed by atoms with Crippen molar-refractivity contribution < 1.29 is 33.3 Å². The molecular weight excluding hydrogens is 423 g/mol. The summed E-state index contributed by atoms with van der Waals surface area (Å²) in [6.07, 6.45) is 0. The molecule has 0 fully saturated rings. The fraction of sp³-hybridized carbons (Fsp3) is 0.300. The Labute approximate surface area is 178 Å². The summed E-state index contributed by atoms with van der Waals surface area (Å²) in [4.78, 5) is 26.0. The highest BCUT2D eigenvalue weighted by atomic mass is 35.5. The average molecular weight is 443 g/mol. The van der Waals surface area contributed by atoms with Crippen LogP contribution in [-0.2, 0) is 4.74 Å². The molecule has 0 heterocycles. The van der Waals surface area contributed by atoms with Crippen molar-refractivity contribution in [2.24, 2.45) is 0 Å². The van der Waals surface area contributed by atoms with E-state index in [1.54, 1.807) is 6.92 Å². The lowest BCUT2D eigenvalue weighted by atomic mass is 9.94. The van der Waals surface area contributed by atoms with Gasteiger partial charge in [0.15, 0.2) is 11.5 Å². The molecule has 156 valence electrons. The Morgan fingerprint density at radius 3 is 1.76 bits per heavy atom. The van der Waals surface area contributed by atoms with Crippen LogP contribution in [-0.4, -0.2) is 47.3 Å². The van der Waals surface area contributed by atoms with Gasteiger partial charge >= 0.3 is 5.97 Å². The largest absolute Gasteiger partial charge is 0.497 e. The first-order chi connectivity index (χ1) is 13.8. The second kappa shape index (κ2) is 9.24. The number of hydrogen-bond donors (Lipinski definition) is 0. The Balaban J connectivity index is 2.94. The highest BCUT2D eigenvalue weighted by Crippen LogP contribution is 2.46.